The monoisotopic (exact) mass is 454 g/mol. The topological polar surface area (TPSA) is 91.9 Å². The van der Waals surface area contributed by atoms with E-state index in [-0.39, 0.29) is 0 Å². The van der Waals surface area contributed by atoms with Gasteiger partial charge in [0, 0.05) is 17.9 Å². The second-order valence-corrected chi connectivity index (χ2v) is 7.41. The molecular formula is C23H26N4O4S. The van der Waals surface area contributed by atoms with Crippen molar-refractivity contribution in [3.05, 3.63) is 65.4 Å². The molecule has 2 aromatic rings. The van der Waals surface area contributed by atoms with Crippen molar-refractivity contribution in [2.75, 3.05) is 31.4 Å². The Morgan fingerprint density at radius 2 is 1.78 bits per heavy atom. The van der Waals surface area contributed by atoms with Crippen LogP contribution in [0, 0.1) is 0 Å². The molecule has 0 aliphatic carbocycles. The van der Waals surface area contributed by atoms with Gasteiger partial charge in [0.15, 0.2) is 5.11 Å². The maximum atomic E-state index is 12.5. The number of anilines is 2. The number of thiocarbonyl (C=S) groups is 1. The standard InChI is InChI=1S/C23H26N4O4S/c1-5-27-14(2)19(21(28)31-4)20(26-23(27)32)15-10-12-16(13-11-15)24-22(29)25-17-8-6-7-9-18(17)30-3/h6-13,20H,5H2,1-4H3,(H,26,32)(H2,24,25,29). The van der Waals surface area contributed by atoms with E-state index in [1.807, 2.05) is 43.0 Å². The Kier molecular flexibility index (Phi) is 7.32. The van der Waals surface area contributed by atoms with Gasteiger partial charge in [0.25, 0.3) is 0 Å². The van der Waals surface area contributed by atoms with E-state index in [0.717, 1.165) is 11.3 Å². The van der Waals surface area contributed by atoms with Crippen LogP contribution in [0.2, 0.25) is 0 Å². The summed E-state index contributed by atoms with van der Waals surface area (Å²) in [5, 5.41) is 9.31. The Hall–Kier alpha value is -3.59. The summed E-state index contributed by atoms with van der Waals surface area (Å²) in [6.07, 6.45) is 0. The molecule has 8 nitrogen and oxygen atoms in total. The van der Waals surface area contributed by atoms with Crippen molar-refractivity contribution in [3.8, 4) is 5.75 Å². The van der Waals surface area contributed by atoms with Crippen LogP contribution in [0.5, 0.6) is 5.75 Å². The van der Waals surface area contributed by atoms with Gasteiger partial charge in [-0.15, -0.1) is 0 Å². The van der Waals surface area contributed by atoms with Crippen LogP contribution in [0.3, 0.4) is 0 Å². The number of esters is 1. The predicted molar refractivity (Wildman–Crippen MR) is 128 cm³/mol. The number of amides is 2. The summed E-state index contributed by atoms with van der Waals surface area (Å²) >= 11 is 5.47. The highest BCUT2D eigenvalue weighted by Crippen LogP contribution is 2.32. The highest BCUT2D eigenvalue weighted by atomic mass is 32.1. The zero-order chi connectivity index (χ0) is 23.3. The van der Waals surface area contributed by atoms with Crippen LogP contribution in [0.4, 0.5) is 16.2 Å². The van der Waals surface area contributed by atoms with Gasteiger partial charge in [-0.05, 0) is 55.9 Å². The molecule has 2 amide bonds. The van der Waals surface area contributed by atoms with E-state index in [1.165, 1.54) is 7.11 Å². The van der Waals surface area contributed by atoms with E-state index < -0.39 is 18.0 Å². The van der Waals surface area contributed by atoms with E-state index in [2.05, 4.69) is 16.0 Å². The molecule has 0 fully saturated rings. The molecule has 1 atom stereocenters. The number of benzene rings is 2. The van der Waals surface area contributed by atoms with Gasteiger partial charge in [0.05, 0.1) is 31.5 Å². The number of rotatable bonds is 6. The number of hydrogen-bond acceptors (Lipinski definition) is 5. The van der Waals surface area contributed by atoms with Gasteiger partial charge in [-0.2, -0.15) is 0 Å². The van der Waals surface area contributed by atoms with Gasteiger partial charge in [-0.3, -0.25) is 0 Å². The molecule has 1 aliphatic rings. The SMILES string of the molecule is CCN1C(=S)NC(c2ccc(NC(=O)Nc3ccccc3OC)cc2)C(C(=O)OC)=C1C. The summed E-state index contributed by atoms with van der Waals surface area (Å²) in [4.78, 5) is 26.7. The molecule has 0 saturated carbocycles. The molecule has 0 spiro atoms. The van der Waals surface area contributed by atoms with Gasteiger partial charge in [-0.25, -0.2) is 9.59 Å². The second-order valence-electron chi connectivity index (χ2n) is 7.02. The number of allylic oxidation sites excluding steroid dienone is 1. The Labute approximate surface area is 192 Å². The van der Waals surface area contributed by atoms with Crippen molar-refractivity contribution >= 4 is 40.7 Å². The first-order valence-corrected chi connectivity index (χ1v) is 10.5. The zero-order valence-corrected chi connectivity index (χ0v) is 19.2. The van der Waals surface area contributed by atoms with Crippen LogP contribution in [-0.4, -0.2) is 42.8 Å². The summed E-state index contributed by atoms with van der Waals surface area (Å²) in [6, 6.07) is 13.5. The molecule has 32 heavy (non-hydrogen) atoms. The lowest BCUT2D eigenvalue weighted by Gasteiger charge is -2.36. The molecule has 168 valence electrons. The van der Waals surface area contributed by atoms with Crippen molar-refractivity contribution in [1.82, 2.24) is 10.2 Å². The Morgan fingerprint density at radius 3 is 2.41 bits per heavy atom. The minimum Gasteiger partial charge on any atom is -0.495 e. The third kappa shape index (κ3) is 4.83. The van der Waals surface area contributed by atoms with E-state index in [0.29, 0.717) is 34.4 Å². The maximum absolute atomic E-state index is 12.5. The molecule has 0 aromatic heterocycles. The van der Waals surface area contributed by atoms with Crippen molar-refractivity contribution < 1.29 is 19.1 Å². The molecule has 0 bridgehead atoms. The van der Waals surface area contributed by atoms with Crippen LogP contribution in [-0.2, 0) is 9.53 Å². The third-order valence-electron chi connectivity index (χ3n) is 5.17. The average molecular weight is 455 g/mol. The molecule has 0 radical (unpaired) electrons. The summed E-state index contributed by atoms with van der Waals surface area (Å²) in [5.41, 5.74) is 3.23. The first kappa shape index (κ1) is 23.1. The highest BCUT2D eigenvalue weighted by molar-refractivity contribution is 7.80. The lowest BCUT2D eigenvalue weighted by atomic mass is 9.95. The number of nitrogens with one attached hydrogen (secondary N) is 3. The van der Waals surface area contributed by atoms with Crippen LogP contribution in [0.1, 0.15) is 25.5 Å². The number of methoxy groups -OCH3 is 2. The van der Waals surface area contributed by atoms with Gasteiger partial charge in [-0.1, -0.05) is 24.3 Å². The maximum Gasteiger partial charge on any atom is 0.337 e. The van der Waals surface area contributed by atoms with Gasteiger partial charge in [0.2, 0.25) is 0 Å². The summed E-state index contributed by atoms with van der Waals surface area (Å²) in [7, 11) is 2.90. The molecule has 1 unspecified atom stereocenters. The normalized spacial score (nSPS) is 15.7. The molecule has 1 aliphatic heterocycles. The molecule has 3 rings (SSSR count). The molecular weight excluding hydrogens is 428 g/mol. The molecule has 9 heteroatoms. The lowest BCUT2D eigenvalue weighted by Crippen LogP contribution is -2.47. The third-order valence-corrected chi connectivity index (χ3v) is 5.51. The first-order chi connectivity index (χ1) is 15.4. The van der Waals surface area contributed by atoms with Crippen LogP contribution >= 0.6 is 12.2 Å². The molecule has 0 saturated heterocycles. The fourth-order valence-corrected chi connectivity index (χ4v) is 3.96. The summed E-state index contributed by atoms with van der Waals surface area (Å²) in [6.45, 7) is 4.45. The number of carbonyl (C=O) groups is 2. The summed E-state index contributed by atoms with van der Waals surface area (Å²) < 4.78 is 10.3. The van der Waals surface area contributed by atoms with Crippen molar-refractivity contribution in [3.63, 3.8) is 0 Å². The van der Waals surface area contributed by atoms with Gasteiger partial charge >= 0.3 is 12.0 Å². The lowest BCUT2D eigenvalue weighted by molar-refractivity contribution is -0.136. The second kappa shape index (κ2) is 10.1. The summed E-state index contributed by atoms with van der Waals surface area (Å²) in [5.74, 6) is 0.148. The average Bonchev–Trinajstić information content (AvgIpc) is 2.79. The fraction of sp³-hybridized carbons (Fsp3) is 0.261. The number of urea groups is 1. The van der Waals surface area contributed by atoms with Crippen molar-refractivity contribution in [2.24, 2.45) is 0 Å². The van der Waals surface area contributed by atoms with Crippen LogP contribution < -0.4 is 20.7 Å². The number of para-hydroxylation sites is 2. The predicted octanol–water partition coefficient (Wildman–Crippen LogP) is 4.04. The van der Waals surface area contributed by atoms with Gasteiger partial charge in [0.1, 0.15) is 5.75 Å². The van der Waals surface area contributed by atoms with Crippen LogP contribution in [0.15, 0.2) is 59.8 Å². The van der Waals surface area contributed by atoms with Crippen LogP contribution in [0.25, 0.3) is 0 Å². The number of carbonyl (C=O) groups excluding carboxylic acids is 2. The van der Waals surface area contributed by atoms with E-state index >= 15 is 0 Å². The highest BCUT2D eigenvalue weighted by Gasteiger charge is 2.33. The van der Waals surface area contributed by atoms with E-state index in [9.17, 15) is 9.59 Å². The Morgan fingerprint density at radius 1 is 1.09 bits per heavy atom. The minimum absolute atomic E-state index is 0.399. The molecule has 2 aromatic carbocycles. The van der Waals surface area contributed by atoms with Crippen molar-refractivity contribution in [1.29, 1.82) is 0 Å². The fourth-order valence-electron chi connectivity index (χ4n) is 3.58. The first-order valence-electron chi connectivity index (χ1n) is 10.1. The molecule has 3 N–H and O–H groups in total. The van der Waals surface area contributed by atoms with E-state index in [4.69, 9.17) is 21.7 Å². The number of ether oxygens (including phenoxy) is 2. The minimum atomic E-state index is -0.450. The Bertz CT molecular complexity index is 1050. The number of hydrogen-bond donors (Lipinski definition) is 3. The zero-order valence-electron chi connectivity index (χ0n) is 18.4. The largest absolute Gasteiger partial charge is 0.495 e. The number of nitrogens with zero attached hydrogens (tertiary/aromatic N) is 1. The smallest absolute Gasteiger partial charge is 0.337 e. The van der Waals surface area contributed by atoms with E-state index in [1.54, 1.807) is 31.4 Å². The molecule has 1 heterocycles. The van der Waals surface area contributed by atoms with Gasteiger partial charge < -0.3 is 30.3 Å². The van der Waals surface area contributed by atoms with Crippen molar-refractivity contribution in [2.45, 2.75) is 19.9 Å². The quantitative estimate of drug-likeness (QED) is 0.448. The Balaban J connectivity index is 1.78.